The lowest BCUT2D eigenvalue weighted by Gasteiger charge is -1.78. The van der Waals surface area contributed by atoms with E-state index in [9.17, 15) is 0 Å². The molecular weight excluding hydrogens is 93.0 g/mol. The van der Waals surface area contributed by atoms with Crippen LogP contribution in [0.1, 0.15) is 13.8 Å². The van der Waals surface area contributed by atoms with Gasteiger partial charge in [0.25, 0.3) is 0 Å². The van der Waals surface area contributed by atoms with Gasteiger partial charge in [0, 0.05) is 0 Å². The lowest BCUT2D eigenvalue weighted by molar-refractivity contribution is 1.44. The van der Waals surface area contributed by atoms with Crippen LogP contribution in [0, 0.1) is 0 Å². The van der Waals surface area contributed by atoms with Crippen LogP contribution in [0.15, 0.2) is 0 Å². The minimum atomic E-state index is 0. The largest absolute Gasteiger partial charge is 0.344 e. The van der Waals surface area contributed by atoms with E-state index >= 15 is 0 Å². The van der Waals surface area contributed by atoms with Gasteiger partial charge in [-0.3, -0.25) is 0 Å². The number of rotatable bonds is 2. The van der Waals surface area contributed by atoms with Gasteiger partial charge in [-0.2, -0.15) is 0 Å². The van der Waals surface area contributed by atoms with Crippen molar-refractivity contribution in [2.24, 2.45) is 0 Å². The molecule has 39 valence electrons. The van der Waals surface area contributed by atoms with Crippen molar-refractivity contribution < 1.29 is 0 Å². The zero-order chi connectivity index (χ0) is 4.12. The molecule has 0 aromatic heterocycles. The highest BCUT2D eigenvalue weighted by molar-refractivity contribution is 7.37. The Balaban J connectivity index is 0. The van der Waals surface area contributed by atoms with Gasteiger partial charge in [0.15, 0.2) is 0 Å². The first kappa shape index (κ1) is 9.63. The summed E-state index contributed by atoms with van der Waals surface area (Å²) in [5.74, 6) is 0. The van der Waals surface area contributed by atoms with Crippen LogP contribution < -0.4 is 6.15 Å². The second kappa shape index (κ2) is 9.04. The average molecular weight is 106 g/mol. The summed E-state index contributed by atoms with van der Waals surface area (Å²) in [4.78, 5) is 0. The van der Waals surface area contributed by atoms with Crippen molar-refractivity contribution in [2.45, 2.75) is 13.8 Å². The van der Waals surface area contributed by atoms with Gasteiger partial charge in [-0.25, -0.2) is 0 Å². The highest BCUT2D eigenvalue weighted by atomic mass is 31.1. The average Bonchev–Trinajstić information content (AvgIpc) is 1.41. The van der Waals surface area contributed by atoms with Crippen molar-refractivity contribution >= 4 is 8.58 Å². The molecule has 0 saturated carbocycles. The summed E-state index contributed by atoms with van der Waals surface area (Å²) >= 11 is 0. The van der Waals surface area contributed by atoms with Crippen molar-refractivity contribution in [3.63, 3.8) is 0 Å². The monoisotopic (exact) mass is 106 g/mol. The fraction of sp³-hybridized carbons (Fsp3) is 1.00. The van der Waals surface area contributed by atoms with Gasteiger partial charge in [-0.15, -0.1) is 0 Å². The molecule has 3 N–H and O–H groups in total. The summed E-state index contributed by atoms with van der Waals surface area (Å²) in [5.41, 5.74) is 0. The summed E-state index contributed by atoms with van der Waals surface area (Å²) in [6.07, 6.45) is 2.63. The van der Waals surface area contributed by atoms with Gasteiger partial charge in [-0.1, -0.05) is 22.4 Å². The first-order valence-corrected chi connectivity index (χ1v) is 3.31. The third-order valence-corrected chi connectivity index (χ3v) is 1.34. The summed E-state index contributed by atoms with van der Waals surface area (Å²) in [5, 5.41) is 0. The summed E-state index contributed by atoms with van der Waals surface area (Å²) in [7, 11) is 1.58. The maximum Gasteiger partial charge on any atom is -0.0316 e. The van der Waals surface area contributed by atoms with Gasteiger partial charge < -0.3 is 6.15 Å². The molecular formula is C4H13NP. The van der Waals surface area contributed by atoms with Crippen LogP contribution in [0.3, 0.4) is 0 Å². The van der Waals surface area contributed by atoms with Crippen LogP contribution in [-0.2, 0) is 0 Å². The lowest BCUT2D eigenvalue weighted by Crippen LogP contribution is -1.59. The van der Waals surface area contributed by atoms with Crippen LogP contribution in [0.2, 0.25) is 0 Å². The van der Waals surface area contributed by atoms with E-state index in [2.05, 4.69) is 13.8 Å². The van der Waals surface area contributed by atoms with E-state index < -0.39 is 0 Å². The second-order valence-corrected chi connectivity index (χ2v) is 2.57. The third-order valence-electron chi connectivity index (χ3n) is 0.447. The fourth-order valence-corrected chi connectivity index (χ4v) is 0.671. The van der Waals surface area contributed by atoms with Crippen molar-refractivity contribution in [3.8, 4) is 0 Å². The quantitative estimate of drug-likeness (QED) is 0.537. The molecule has 1 nitrogen and oxygen atoms in total. The van der Waals surface area contributed by atoms with E-state index in [1.54, 1.807) is 8.58 Å². The fourth-order valence-electron chi connectivity index (χ4n) is 0.224. The molecule has 0 aliphatic carbocycles. The normalized spacial score (nSPS) is 7.00. The molecule has 0 atom stereocenters. The maximum atomic E-state index is 2.20. The zero-order valence-corrected chi connectivity index (χ0v) is 5.46. The Morgan fingerprint density at radius 3 is 1.50 bits per heavy atom. The van der Waals surface area contributed by atoms with Crippen LogP contribution >= 0.6 is 8.58 Å². The number of hydrogen-bond acceptors (Lipinski definition) is 1. The third kappa shape index (κ3) is 8.83. The molecule has 0 aliphatic rings. The van der Waals surface area contributed by atoms with Crippen LogP contribution in [0.5, 0.6) is 0 Å². The minimum Gasteiger partial charge on any atom is -0.344 e. The summed E-state index contributed by atoms with van der Waals surface area (Å²) in [6, 6.07) is 0. The standard InChI is InChI=1S/C4H10P.H3N/c1-3-5-4-2;/h3-4H2,1-2H3;1H3. The SMILES string of the molecule is CC[P]CC.N. The van der Waals surface area contributed by atoms with Crippen LogP contribution in [0.4, 0.5) is 0 Å². The molecule has 0 heterocycles. The van der Waals surface area contributed by atoms with Gasteiger partial charge in [-0.05, 0) is 12.3 Å². The number of hydrogen-bond donors (Lipinski definition) is 1. The molecule has 0 bridgehead atoms. The Morgan fingerprint density at radius 1 is 1.17 bits per heavy atom. The molecule has 0 rings (SSSR count). The van der Waals surface area contributed by atoms with Crippen molar-refractivity contribution in [1.29, 1.82) is 0 Å². The predicted molar refractivity (Wildman–Crippen MR) is 33.0 cm³/mol. The van der Waals surface area contributed by atoms with Crippen molar-refractivity contribution in [2.75, 3.05) is 12.3 Å². The van der Waals surface area contributed by atoms with Crippen LogP contribution in [0.25, 0.3) is 0 Å². The van der Waals surface area contributed by atoms with Gasteiger partial charge in [0.1, 0.15) is 0 Å². The maximum absolute atomic E-state index is 2.20. The smallest absolute Gasteiger partial charge is 0.0316 e. The molecule has 0 amide bonds. The topological polar surface area (TPSA) is 35.0 Å². The second-order valence-electron chi connectivity index (χ2n) is 0.856. The van der Waals surface area contributed by atoms with Crippen molar-refractivity contribution in [1.82, 2.24) is 6.15 Å². The lowest BCUT2D eigenvalue weighted by atomic mass is 11.0. The Bertz CT molecular complexity index is 15.0. The van der Waals surface area contributed by atoms with Gasteiger partial charge in [0.2, 0.25) is 0 Å². The molecule has 6 heavy (non-hydrogen) atoms. The Hall–Kier alpha value is 0.390. The molecule has 0 saturated heterocycles. The Labute approximate surface area is 41.9 Å². The Kier molecular flexibility index (Phi) is 14.5. The molecule has 2 heteroatoms. The minimum absolute atomic E-state index is 0. The molecule has 0 unspecified atom stereocenters. The predicted octanol–water partition coefficient (Wildman–Crippen LogP) is 2.13. The molecule has 0 aliphatic heterocycles. The highest BCUT2D eigenvalue weighted by Gasteiger charge is 1.68. The molecule has 1 radical (unpaired) electrons. The van der Waals surface area contributed by atoms with E-state index in [1.165, 1.54) is 12.3 Å². The van der Waals surface area contributed by atoms with Crippen LogP contribution in [-0.4, -0.2) is 12.3 Å². The van der Waals surface area contributed by atoms with Gasteiger partial charge in [0.05, 0.1) is 0 Å². The molecule has 0 spiro atoms. The van der Waals surface area contributed by atoms with Crippen molar-refractivity contribution in [3.05, 3.63) is 0 Å². The highest BCUT2D eigenvalue weighted by Crippen LogP contribution is 2.03. The molecule has 0 aromatic carbocycles. The summed E-state index contributed by atoms with van der Waals surface area (Å²) in [6.45, 7) is 4.40. The van der Waals surface area contributed by atoms with E-state index in [1.807, 2.05) is 0 Å². The molecule has 0 aromatic rings. The van der Waals surface area contributed by atoms with E-state index in [-0.39, 0.29) is 6.15 Å². The first-order valence-electron chi connectivity index (χ1n) is 2.05. The van der Waals surface area contributed by atoms with E-state index in [0.717, 1.165) is 0 Å². The summed E-state index contributed by atoms with van der Waals surface area (Å²) < 4.78 is 0. The first-order chi connectivity index (χ1) is 2.41. The Morgan fingerprint density at radius 2 is 1.50 bits per heavy atom. The van der Waals surface area contributed by atoms with E-state index in [0.29, 0.717) is 0 Å². The zero-order valence-electron chi connectivity index (χ0n) is 4.57. The van der Waals surface area contributed by atoms with Gasteiger partial charge >= 0.3 is 0 Å². The van der Waals surface area contributed by atoms with E-state index in [4.69, 9.17) is 0 Å². The molecule has 0 fully saturated rings.